The quantitative estimate of drug-likeness (QED) is 0.719. The lowest BCUT2D eigenvalue weighted by Crippen LogP contribution is -2.64. The molecule has 1 aliphatic heterocycles. The smallest absolute Gasteiger partial charge is 0.408 e. The molecule has 1 aromatic rings. The van der Waals surface area contributed by atoms with Gasteiger partial charge in [0.1, 0.15) is 5.60 Å². The maximum atomic E-state index is 12.9. The number of amides is 1. The number of benzene rings is 1. The van der Waals surface area contributed by atoms with Crippen LogP contribution < -0.4 is 5.32 Å². The second kappa shape index (κ2) is 9.38. The Kier molecular flexibility index (Phi) is 7.56. The van der Waals surface area contributed by atoms with Gasteiger partial charge in [-0.15, -0.1) is 0 Å². The number of nitrogens with zero attached hydrogens (tertiary/aromatic N) is 1. The maximum absolute atomic E-state index is 12.9. The monoisotopic (exact) mass is 418 g/mol. The van der Waals surface area contributed by atoms with Crippen LogP contribution in [-0.2, 0) is 20.8 Å². The molecule has 0 saturated carbocycles. The summed E-state index contributed by atoms with van der Waals surface area (Å²) < 4.78 is 10.7. The average Bonchev–Trinajstić information content (AvgIpc) is 2.61. The number of nitrogens with one attached hydrogen (secondary N) is 1. The number of esters is 1. The predicted molar refractivity (Wildman–Crippen MR) is 118 cm³/mol. The van der Waals surface area contributed by atoms with Gasteiger partial charge in [-0.25, -0.2) is 4.79 Å². The highest BCUT2D eigenvalue weighted by molar-refractivity contribution is 5.77. The average molecular weight is 419 g/mol. The summed E-state index contributed by atoms with van der Waals surface area (Å²) in [4.78, 5) is 28.0. The lowest BCUT2D eigenvalue weighted by Gasteiger charge is -2.49. The zero-order valence-corrected chi connectivity index (χ0v) is 19.6. The van der Waals surface area contributed by atoms with Crippen LogP contribution in [0.2, 0.25) is 0 Å². The molecule has 1 saturated heterocycles. The Labute approximate surface area is 181 Å². The van der Waals surface area contributed by atoms with E-state index in [9.17, 15) is 9.59 Å². The third kappa shape index (κ3) is 6.46. The normalized spacial score (nSPS) is 18.4. The fourth-order valence-corrected chi connectivity index (χ4v) is 4.47. The predicted octanol–water partition coefficient (Wildman–Crippen LogP) is 4.38. The molecule has 168 valence electrons. The van der Waals surface area contributed by atoms with Crippen molar-refractivity contribution in [2.24, 2.45) is 11.3 Å². The largest absolute Gasteiger partial charge is 0.469 e. The minimum absolute atomic E-state index is 0.296. The SMILES string of the molecule is COC(=O)C(C(C)(C)C)C1(NC(=O)OC(C)(C)C)CCN(Cc2ccccc2)CC1. The van der Waals surface area contributed by atoms with Gasteiger partial charge in [0, 0.05) is 19.6 Å². The van der Waals surface area contributed by atoms with E-state index >= 15 is 0 Å². The maximum Gasteiger partial charge on any atom is 0.408 e. The molecule has 0 spiro atoms. The van der Waals surface area contributed by atoms with Crippen LogP contribution >= 0.6 is 0 Å². The van der Waals surface area contributed by atoms with Crippen molar-refractivity contribution >= 4 is 12.1 Å². The number of carbonyl (C=O) groups excluding carboxylic acids is 2. The van der Waals surface area contributed by atoms with Gasteiger partial charge in [-0.2, -0.15) is 0 Å². The molecule has 1 fully saturated rings. The zero-order chi connectivity index (χ0) is 22.6. The van der Waals surface area contributed by atoms with Crippen LogP contribution in [0.25, 0.3) is 0 Å². The Morgan fingerprint density at radius 1 is 1.07 bits per heavy atom. The van der Waals surface area contributed by atoms with Gasteiger partial charge in [0.2, 0.25) is 0 Å². The number of hydrogen-bond acceptors (Lipinski definition) is 5. The van der Waals surface area contributed by atoms with E-state index in [4.69, 9.17) is 9.47 Å². The Hall–Kier alpha value is -2.08. The lowest BCUT2D eigenvalue weighted by atomic mass is 9.65. The molecule has 1 amide bonds. The highest BCUT2D eigenvalue weighted by Gasteiger charge is 2.52. The van der Waals surface area contributed by atoms with Crippen LogP contribution in [0.15, 0.2) is 30.3 Å². The van der Waals surface area contributed by atoms with Crippen LogP contribution in [0.4, 0.5) is 4.79 Å². The van der Waals surface area contributed by atoms with Crippen LogP contribution in [0, 0.1) is 11.3 Å². The molecule has 1 aromatic carbocycles. The molecule has 30 heavy (non-hydrogen) atoms. The van der Waals surface area contributed by atoms with Gasteiger partial charge >= 0.3 is 12.1 Å². The Morgan fingerprint density at radius 3 is 2.10 bits per heavy atom. The molecule has 1 atom stereocenters. The highest BCUT2D eigenvalue weighted by Crippen LogP contribution is 2.42. The van der Waals surface area contributed by atoms with E-state index in [1.54, 1.807) is 0 Å². The highest BCUT2D eigenvalue weighted by atomic mass is 16.6. The van der Waals surface area contributed by atoms with Gasteiger partial charge < -0.3 is 14.8 Å². The van der Waals surface area contributed by atoms with E-state index in [-0.39, 0.29) is 11.4 Å². The molecule has 1 N–H and O–H groups in total. The van der Waals surface area contributed by atoms with E-state index < -0.39 is 23.2 Å². The Morgan fingerprint density at radius 2 is 1.63 bits per heavy atom. The summed E-state index contributed by atoms with van der Waals surface area (Å²) in [5, 5.41) is 3.11. The zero-order valence-electron chi connectivity index (χ0n) is 19.6. The van der Waals surface area contributed by atoms with Crippen molar-refractivity contribution in [1.29, 1.82) is 0 Å². The molecule has 0 aliphatic carbocycles. The van der Waals surface area contributed by atoms with Gasteiger partial charge in [0.25, 0.3) is 0 Å². The number of alkyl carbamates (subject to hydrolysis) is 1. The van der Waals surface area contributed by atoms with Crippen molar-refractivity contribution in [2.75, 3.05) is 20.2 Å². The van der Waals surface area contributed by atoms with Crippen LogP contribution in [0.5, 0.6) is 0 Å². The molecule has 0 bridgehead atoms. The van der Waals surface area contributed by atoms with Crippen molar-refractivity contribution in [3.8, 4) is 0 Å². The molecular formula is C24H38N2O4. The van der Waals surface area contributed by atoms with E-state index in [1.807, 2.05) is 59.7 Å². The number of hydrogen-bond donors (Lipinski definition) is 1. The van der Waals surface area contributed by atoms with Crippen LogP contribution in [0.1, 0.15) is 59.9 Å². The molecule has 1 unspecified atom stereocenters. The van der Waals surface area contributed by atoms with Crippen LogP contribution in [0.3, 0.4) is 0 Å². The fourth-order valence-electron chi connectivity index (χ4n) is 4.47. The van der Waals surface area contributed by atoms with E-state index in [2.05, 4.69) is 22.3 Å². The molecule has 0 radical (unpaired) electrons. The minimum Gasteiger partial charge on any atom is -0.469 e. The summed E-state index contributed by atoms with van der Waals surface area (Å²) in [5.41, 5.74) is -0.461. The summed E-state index contributed by atoms with van der Waals surface area (Å²) >= 11 is 0. The molecule has 2 rings (SSSR count). The number of carbonyl (C=O) groups is 2. The number of methoxy groups -OCH3 is 1. The third-order valence-electron chi connectivity index (χ3n) is 5.60. The van der Waals surface area contributed by atoms with E-state index in [1.165, 1.54) is 12.7 Å². The molecule has 6 nitrogen and oxygen atoms in total. The summed E-state index contributed by atoms with van der Waals surface area (Å²) in [6.45, 7) is 14.0. The van der Waals surface area contributed by atoms with E-state index in [0.29, 0.717) is 12.8 Å². The number of ether oxygens (including phenoxy) is 2. The molecule has 1 aliphatic rings. The first-order chi connectivity index (χ1) is 13.9. The van der Waals surface area contributed by atoms with Gasteiger partial charge in [-0.1, -0.05) is 51.1 Å². The standard InChI is InChI=1S/C24H38N2O4/c1-22(2,3)19(20(27)29-7)24(25-21(28)30-23(4,5)6)13-15-26(16-14-24)17-18-11-9-8-10-12-18/h8-12,19H,13-17H2,1-7H3,(H,25,28). The van der Waals surface area contributed by atoms with Crippen molar-refractivity contribution < 1.29 is 19.1 Å². The first-order valence-corrected chi connectivity index (χ1v) is 10.7. The van der Waals surface area contributed by atoms with E-state index in [0.717, 1.165) is 19.6 Å². The fraction of sp³-hybridized carbons (Fsp3) is 0.667. The second-order valence-corrected chi connectivity index (χ2v) is 10.4. The van der Waals surface area contributed by atoms with Gasteiger partial charge in [-0.05, 0) is 44.6 Å². The molecule has 6 heteroatoms. The summed E-state index contributed by atoms with van der Waals surface area (Å²) in [7, 11) is 1.41. The van der Waals surface area contributed by atoms with Crippen molar-refractivity contribution in [3.63, 3.8) is 0 Å². The number of rotatable bonds is 5. The molecule has 0 aromatic heterocycles. The van der Waals surface area contributed by atoms with Gasteiger partial charge in [0.15, 0.2) is 0 Å². The van der Waals surface area contributed by atoms with Crippen molar-refractivity contribution in [3.05, 3.63) is 35.9 Å². The Balaban J connectivity index is 2.26. The third-order valence-corrected chi connectivity index (χ3v) is 5.60. The molecular weight excluding hydrogens is 380 g/mol. The minimum atomic E-state index is -0.721. The first kappa shape index (κ1) is 24.2. The molecule has 1 heterocycles. The first-order valence-electron chi connectivity index (χ1n) is 10.7. The lowest BCUT2D eigenvalue weighted by molar-refractivity contribution is -0.155. The van der Waals surface area contributed by atoms with Gasteiger partial charge in [0.05, 0.1) is 18.6 Å². The van der Waals surface area contributed by atoms with Crippen molar-refractivity contribution in [1.82, 2.24) is 10.2 Å². The Bertz CT molecular complexity index is 711. The number of piperidine rings is 1. The summed E-state index contributed by atoms with van der Waals surface area (Å²) in [5.74, 6) is -0.781. The number of likely N-dealkylation sites (tertiary alicyclic amines) is 1. The van der Waals surface area contributed by atoms with Crippen molar-refractivity contribution in [2.45, 2.75) is 72.1 Å². The second-order valence-electron chi connectivity index (χ2n) is 10.4. The van der Waals surface area contributed by atoms with Gasteiger partial charge in [-0.3, -0.25) is 9.69 Å². The summed E-state index contributed by atoms with van der Waals surface area (Å²) in [6, 6.07) is 10.3. The topological polar surface area (TPSA) is 67.9 Å². The van der Waals surface area contributed by atoms with Crippen LogP contribution in [-0.4, -0.2) is 48.3 Å². The summed E-state index contributed by atoms with van der Waals surface area (Å²) in [6.07, 6.45) is 0.809.